The lowest BCUT2D eigenvalue weighted by atomic mass is 10.1. The highest BCUT2D eigenvalue weighted by molar-refractivity contribution is 5.58. The minimum Gasteiger partial charge on any atom is -0.362 e. The molecule has 0 saturated carbocycles. The Hall–Kier alpha value is -1.69. The van der Waals surface area contributed by atoms with Crippen LogP contribution in [-0.2, 0) is 0 Å². The summed E-state index contributed by atoms with van der Waals surface area (Å²) in [5.74, 6) is 0.398. The van der Waals surface area contributed by atoms with Gasteiger partial charge in [0.25, 0.3) is 0 Å². The third-order valence-corrected chi connectivity index (χ3v) is 3.32. The lowest BCUT2D eigenvalue weighted by Crippen LogP contribution is -2.35. The molecule has 98 valence electrons. The fourth-order valence-electron chi connectivity index (χ4n) is 2.10. The number of aryl methyl sites for hydroxylation is 2. The smallest absolute Gasteiger partial charge is 0.311 e. The van der Waals surface area contributed by atoms with Crippen molar-refractivity contribution in [2.24, 2.45) is 0 Å². The van der Waals surface area contributed by atoms with E-state index < -0.39 is 0 Å². The van der Waals surface area contributed by atoms with Crippen LogP contribution in [0, 0.1) is 24.0 Å². The first-order chi connectivity index (χ1) is 8.58. The molecule has 18 heavy (non-hydrogen) atoms. The zero-order valence-corrected chi connectivity index (χ0v) is 10.7. The monoisotopic (exact) mass is 250 g/mol. The Morgan fingerprint density at radius 1 is 1.44 bits per heavy atom. The van der Waals surface area contributed by atoms with Gasteiger partial charge >= 0.3 is 5.69 Å². The van der Waals surface area contributed by atoms with E-state index in [1.165, 1.54) is 0 Å². The lowest BCUT2D eigenvalue weighted by Gasteiger charge is -2.24. The first-order valence-corrected chi connectivity index (χ1v) is 6.18. The van der Waals surface area contributed by atoms with Crippen molar-refractivity contribution in [1.29, 1.82) is 0 Å². The van der Waals surface area contributed by atoms with Crippen LogP contribution in [0.4, 0.5) is 11.5 Å². The maximum absolute atomic E-state index is 11.0. The van der Waals surface area contributed by atoms with Gasteiger partial charge in [0.15, 0.2) is 0 Å². The van der Waals surface area contributed by atoms with Gasteiger partial charge in [-0.2, -0.15) is 0 Å². The van der Waals surface area contributed by atoms with Crippen molar-refractivity contribution in [3.05, 3.63) is 27.4 Å². The van der Waals surface area contributed by atoms with E-state index in [4.69, 9.17) is 0 Å². The normalized spacial score (nSPS) is 16.6. The van der Waals surface area contributed by atoms with Crippen molar-refractivity contribution in [1.82, 2.24) is 10.3 Å². The second-order valence-electron chi connectivity index (χ2n) is 4.68. The zero-order chi connectivity index (χ0) is 13.1. The predicted molar refractivity (Wildman–Crippen MR) is 69.9 cm³/mol. The van der Waals surface area contributed by atoms with Gasteiger partial charge in [0.2, 0.25) is 5.82 Å². The topological polar surface area (TPSA) is 80.1 Å². The first-order valence-electron chi connectivity index (χ1n) is 6.18. The molecule has 0 amide bonds. The van der Waals surface area contributed by atoms with Gasteiger partial charge in [-0.1, -0.05) is 0 Å². The third kappa shape index (κ3) is 2.76. The molecule has 0 unspecified atom stereocenters. The van der Waals surface area contributed by atoms with Crippen molar-refractivity contribution in [3.8, 4) is 0 Å². The highest BCUT2D eigenvalue weighted by atomic mass is 16.6. The standard InChI is InChI=1S/C12H18N4O2/c1-8-7-11(16(17)18)12(14-9(8)2)15-10-3-5-13-6-4-10/h7,10,13H,3-6H2,1-2H3,(H,14,15). The molecule has 1 saturated heterocycles. The van der Waals surface area contributed by atoms with Crippen LogP contribution in [0.3, 0.4) is 0 Å². The number of pyridine rings is 1. The predicted octanol–water partition coefficient (Wildman–Crippen LogP) is 1.77. The van der Waals surface area contributed by atoms with Crippen LogP contribution in [0.2, 0.25) is 0 Å². The number of hydrogen-bond donors (Lipinski definition) is 2. The third-order valence-electron chi connectivity index (χ3n) is 3.32. The molecule has 1 aromatic rings. The Kier molecular flexibility index (Phi) is 3.76. The summed E-state index contributed by atoms with van der Waals surface area (Å²) in [6.45, 7) is 5.59. The summed E-state index contributed by atoms with van der Waals surface area (Å²) in [4.78, 5) is 15.0. The molecular weight excluding hydrogens is 232 g/mol. The summed E-state index contributed by atoms with van der Waals surface area (Å²) in [5.41, 5.74) is 1.74. The van der Waals surface area contributed by atoms with E-state index in [9.17, 15) is 10.1 Å². The molecule has 1 aromatic heterocycles. The van der Waals surface area contributed by atoms with E-state index >= 15 is 0 Å². The van der Waals surface area contributed by atoms with Gasteiger partial charge in [-0.3, -0.25) is 10.1 Å². The van der Waals surface area contributed by atoms with Crippen LogP contribution >= 0.6 is 0 Å². The molecule has 6 nitrogen and oxygen atoms in total. The van der Waals surface area contributed by atoms with Gasteiger partial charge in [0.1, 0.15) is 0 Å². The molecule has 2 N–H and O–H groups in total. The molecule has 0 bridgehead atoms. The quantitative estimate of drug-likeness (QED) is 0.631. The molecule has 1 aliphatic heterocycles. The number of nitrogens with zero attached hydrogens (tertiary/aromatic N) is 2. The second kappa shape index (κ2) is 5.30. The highest BCUT2D eigenvalue weighted by Crippen LogP contribution is 2.26. The molecule has 2 heterocycles. The van der Waals surface area contributed by atoms with E-state index in [0.29, 0.717) is 5.82 Å². The Morgan fingerprint density at radius 2 is 2.11 bits per heavy atom. The SMILES string of the molecule is Cc1cc([N+](=O)[O-])c(NC2CCNCC2)nc1C. The maximum Gasteiger partial charge on any atom is 0.311 e. The van der Waals surface area contributed by atoms with E-state index in [1.54, 1.807) is 6.07 Å². The summed E-state index contributed by atoms with van der Waals surface area (Å²) in [5, 5.41) is 17.5. The van der Waals surface area contributed by atoms with Gasteiger partial charge in [-0.25, -0.2) is 4.98 Å². The van der Waals surface area contributed by atoms with Crippen LogP contribution in [0.1, 0.15) is 24.1 Å². The van der Waals surface area contributed by atoms with Crippen LogP contribution in [0.25, 0.3) is 0 Å². The second-order valence-corrected chi connectivity index (χ2v) is 4.68. The number of hydrogen-bond acceptors (Lipinski definition) is 5. The minimum absolute atomic E-state index is 0.0663. The average Bonchev–Trinajstić information content (AvgIpc) is 2.34. The molecule has 6 heteroatoms. The number of aromatic nitrogens is 1. The van der Waals surface area contributed by atoms with Gasteiger partial charge in [0.05, 0.1) is 4.92 Å². The number of piperidine rings is 1. The van der Waals surface area contributed by atoms with Crippen molar-refractivity contribution in [2.45, 2.75) is 32.7 Å². The maximum atomic E-state index is 11.0. The molecule has 0 spiro atoms. The van der Waals surface area contributed by atoms with E-state index in [1.807, 2.05) is 13.8 Å². The van der Waals surface area contributed by atoms with Crippen LogP contribution < -0.4 is 10.6 Å². The Balaban J connectivity index is 2.24. The summed E-state index contributed by atoms with van der Waals surface area (Å²) in [6.07, 6.45) is 1.93. The molecule has 1 fully saturated rings. The molecule has 0 aliphatic carbocycles. The molecule has 0 aromatic carbocycles. The van der Waals surface area contributed by atoms with Crippen molar-refractivity contribution >= 4 is 11.5 Å². The zero-order valence-electron chi connectivity index (χ0n) is 10.7. The van der Waals surface area contributed by atoms with E-state index in [-0.39, 0.29) is 16.7 Å². The van der Waals surface area contributed by atoms with Crippen LogP contribution in [0.5, 0.6) is 0 Å². The Labute approximate surface area is 106 Å². The van der Waals surface area contributed by atoms with Crippen molar-refractivity contribution in [3.63, 3.8) is 0 Å². The Morgan fingerprint density at radius 3 is 2.72 bits per heavy atom. The van der Waals surface area contributed by atoms with Crippen molar-refractivity contribution < 1.29 is 4.92 Å². The van der Waals surface area contributed by atoms with E-state index in [0.717, 1.165) is 37.2 Å². The molecular formula is C12H18N4O2. The molecule has 0 radical (unpaired) electrons. The summed E-state index contributed by atoms with van der Waals surface area (Å²) in [7, 11) is 0. The van der Waals surface area contributed by atoms with Crippen molar-refractivity contribution in [2.75, 3.05) is 18.4 Å². The number of anilines is 1. The van der Waals surface area contributed by atoms with Gasteiger partial charge in [-0.15, -0.1) is 0 Å². The van der Waals surface area contributed by atoms with Crippen LogP contribution in [0.15, 0.2) is 6.07 Å². The van der Waals surface area contributed by atoms with Crippen LogP contribution in [-0.4, -0.2) is 29.0 Å². The minimum atomic E-state index is -0.372. The number of rotatable bonds is 3. The number of nitro groups is 1. The highest BCUT2D eigenvalue weighted by Gasteiger charge is 2.21. The summed E-state index contributed by atoms with van der Waals surface area (Å²) >= 11 is 0. The summed E-state index contributed by atoms with van der Waals surface area (Å²) in [6, 6.07) is 1.85. The fourth-order valence-corrected chi connectivity index (χ4v) is 2.10. The number of nitrogens with one attached hydrogen (secondary N) is 2. The lowest BCUT2D eigenvalue weighted by molar-refractivity contribution is -0.384. The summed E-state index contributed by atoms with van der Waals surface area (Å²) < 4.78 is 0. The molecule has 2 rings (SSSR count). The largest absolute Gasteiger partial charge is 0.362 e. The first kappa shape index (κ1) is 12.8. The fraction of sp³-hybridized carbons (Fsp3) is 0.583. The molecule has 0 atom stereocenters. The van der Waals surface area contributed by atoms with E-state index in [2.05, 4.69) is 15.6 Å². The molecule has 1 aliphatic rings. The average molecular weight is 250 g/mol. The van der Waals surface area contributed by atoms with Gasteiger partial charge in [-0.05, 0) is 45.3 Å². The van der Waals surface area contributed by atoms with Gasteiger partial charge < -0.3 is 10.6 Å². The van der Waals surface area contributed by atoms with Gasteiger partial charge in [0, 0.05) is 17.8 Å². The Bertz CT molecular complexity index is 456.